The van der Waals surface area contributed by atoms with Gasteiger partial charge in [0.1, 0.15) is 5.75 Å². The number of nitrogens with zero attached hydrogens (tertiary/aromatic N) is 1. The van der Waals surface area contributed by atoms with Crippen LogP contribution in [0.15, 0.2) is 29.3 Å². The molecule has 0 atom stereocenters. The van der Waals surface area contributed by atoms with E-state index in [1.807, 2.05) is 0 Å². The fourth-order valence-corrected chi connectivity index (χ4v) is 1.99. The van der Waals surface area contributed by atoms with Crippen LogP contribution >= 0.6 is 0 Å². The van der Waals surface area contributed by atoms with Crippen molar-refractivity contribution in [3.8, 4) is 5.75 Å². The Bertz CT molecular complexity index is 485. The summed E-state index contributed by atoms with van der Waals surface area (Å²) in [6, 6.07) is 6.69. The molecule has 0 spiro atoms. The van der Waals surface area contributed by atoms with Crippen molar-refractivity contribution in [1.29, 1.82) is 0 Å². The maximum Gasteiger partial charge on any atom is 0.387 e. The molecule has 0 aliphatic carbocycles. The molecule has 0 bridgehead atoms. The topological polar surface area (TPSA) is 54.9 Å². The molecule has 24 heavy (non-hydrogen) atoms. The number of benzene rings is 1. The fraction of sp³-hybridized carbons (Fsp3) is 0.588. The Morgan fingerprint density at radius 3 is 2.62 bits per heavy atom. The largest absolute Gasteiger partial charge is 0.434 e. The molecule has 0 amide bonds. The van der Waals surface area contributed by atoms with Crippen LogP contribution < -0.4 is 15.4 Å². The molecular weight excluding hydrogens is 316 g/mol. The van der Waals surface area contributed by atoms with Gasteiger partial charge in [-0.3, -0.25) is 4.99 Å². The van der Waals surface area contributed by atoms with E-state index in [0.717, 1.165) is 32.4 Å². The van der Waals surface area contributed by atoms with E-state index in [1.165, 1.54) is 6.07 Å². The zero-order chi connectivity index (χ0) is 17.6. The lowest BCUT2D eigenvalue weighted by atomic mass is 10.2. The van der Waals surface area contributed by atoms with Gasteiger partial charge < -0.3 is 20.1 Å². The zero-order valence-corrected chi connectivity index (χ0v) is 14.4. The van der Waals surface area contributed by atoms with Gasteiger partial charge in [-0.25, -0.2) is 0 Å². The third kappa shape index (κ3) is 8.67. The molecule has 1 aromatic carbocycles. The molecule has 0 saturated heterocycles. The van der Waals surface area contributed by atoms with Crippen molar-refractivity contribution in [1.82, 2.24) is 10.6 Å². The van der Waals surface area contributed by atoms with E-state index in [4.69, 9.17) is 4.74 Å². The minimum atomic E-state index is -2.84. The van der Waals surface area contributed by atoms with Gasteiger partial charge in [-0.1, -0.05) is 31.5 Å². The fourth-order valence-electron chi connectivity index (χ4n) is 1.99. The number of guanidine groups is 1. The van der Waals surface area contributed by atoms with Crippen molar-refractivity contribution in [2.75, 3.05) is 26.8 Å². The normalized spacial score (nSPS) is 11.6. The number of unbranched alkanes of at least 4 members (excludes halogenated alkanes) is 1. The summed E-state index contributed by atoms with van der Waals surface area (Å²) < 4.78 is 34.8. The van der Waals surface area contributed by atoms with Gasteiger partial charge in [0.2, 0.25) is 0 Å². The van der Waals surface area contributed by atoms with Gasteiger partial charge in [-0.2, -0.15) is 8.78 Å². The molecular formula is C17H27F2N3O2. The van der Waals surface area contributed by atoms with Gasteiger partial charge in [-0.05, 0) is 18.9 Å². The Morgan fingerprint density at radius 2 is 1.92 bits per heavy atom. The first kappa shape index (κ1) is 20.2. The van der Waals surface area contributed by atoms with Crippen LogP contribution in [0, 0.1) is 0 Å². The molecule has 7 heteroatoms. The average Bonchev–Trinajstić information content (AvgIpc) is 2.57. The number of hydrogen-bond acceptors (Lipinski definition) is 3. The smallest absolute Gasteiger partial charge is 0.387 e. The lowest BCUT2D eigenvalue weighted by Gasteiger charge is -2.14. The molecule has 0 saturated carbocycles. The second-order valence-corrected chi connectivity index (χ2v) is 5.16. The summed E-state index contributed by atoms with van der Waals surface area (Å²) in [6.45, 7) is 1.86. The van der Waals surface area contributed by atoms with E-state index in [2.05, 4.69) is 27.3 Å². The minimum absolute atomic E-state index is 0.166. The second-order valence-electron chi connectivity index (χ2n) is 5.16. The summed E-state index contributed by atoms with van der Waals surface area (Å²) in [5.41, 5.74) is 0.642. The number of ether oxygens (including phenoxy) is 2. The number of alkyl halides is 2. The van der Waals surface area contributed by atoms with E-state index in [1.54, 1.807) is 25.2 Å². The van der Waals surface area contributed by atoms with Crippen molar-refractivity contribution in [3.05, 3.63) is 29.8 Å². The average molecular weight is 343 g/mol. The molecule has 1 aromatic rings. The summed E-state index contributed by atoms with van der Waals surface area (Å²) >= 11 is 0. The Balaban J connectivity index is 2.31. The Hall–Kier alpha value is -1.89. The van der Waals surface area contributed by atoms with Crippen LogP contribution in [0.2, 0.25) is 0 Å². The predicted molar refractivity (Wildman–Crippen MR) is 91.6 cm³/mol. The number of aliphatic imine (C=N–C) groups is 1. The number of hydrogen-bond donors (Lipinski definition) is 2. The molecule has 0 radical (unpaired) electrons. The molecule has 0 aliphatic heterocycles. The quantitative estimate of drug-likeness (QED) is 0.368. The van der Waals surface area contributed by atoms with E-state index in [0.29, 0.717) is 24.7 Å². The maximum absolute atomic E-state index is 12.4. The van der Waals surface area contributed by atoms with Crippen LogP contribution in [0.25, 0.3) is 0 Å². The van der Waals surface area contributed by atoms with Gasteiger partial charge >= 0.3 is 6.61 Å². The third-order valence-electron chi connectivity index (χ3n) is 3.26. The molecule has 5 nitrogen and oxygen atoms in total. The van der Waals surface area contributed by atoms with Gasteiger partial charge in [0.05, 0.1) is 0 Å². The van der Waals surface area contributed by atoms with Crippen LogP contribution in [0.1, 0.15) is 31.7 Å². The van der Waals surface area contributed by atoms with Crippen LogP contribution in [0.4, 0.5) is 8.78 Å². The van der Waals surface area contributed by atoms with E-state index in [-0.39, 0.29) is 5.75 Å². The van der Waals surface area contributed by atoms with Gasteiger partial charge in [0.15, 0.2) is 5.96 Å². The Morgan fingerprint density at radius 1 is 1.17 bits per heavy atom. The molecule has 0 heterocycles. The number of para-hydroxylation sites is 1. The monoisotopic (exact) mass is 343 g/mol. The van der Waals surface area contributed by atoms with Gasteiger partial charge in [-0.15, -0.1) is 0 Å². The van der Waals surface area contributed by atoms with Gasteiger partial charge in [0, 0.05) is 38.9 Å². The van der Waals surface area contributed by atoms with E-state index < -0.39 is 6.61 Å². The highest BCUT2D eigenvalue weighted by molar-refractivity contribution is 5.79. The Labute approximate surface area is 142 Å². The Kier molecular flexibility index (Phi) is 10.5. The van der Waals surface area contributed by atoms with Gasteiger partial charge in [0.25, 0.3) is 0 Å². The summed E-state index contributed by atoms with van der Waals surface area (Å²) in [4.78, 5) is 4.11. The first-order chi connectivity index (χ1) is 11.7. The van der Waals surface area contributed by atoms with E-state index in [9.17, 15) is 8.78 Å². The number of nitrogens with one attached hydrogen (secondary N) is 2. The first-order valence-corrected chi connectivity index (χ1v) is 8.22. The van der Waals surface area contributed by atoms with Crippen molar-refractivity contribution in [2.24, 2.45) is 4.99 Å². The minimum Gasteiger partial charge on any atom is -0.434 e. The third-order valence-corrected chi connectivity index (χ3v) is 3.26. The molecule has 136 valence electrons. The van der Waals surface area contributed by atoms with Crippen LogP contribution in [0.3, 0.4) is 0 Å². The summed E-state index contributed by atoms with van der Waals surface area (Å²) in [7, 11) is 1.66. The zero-order valence-electron chi connectivity index (χ0n) is 14.4. The van der Waals surface area contributed by atoms with Crippen molar-refractivity contribution >= 4 is 5.96 Å². The number of rotatable bonds is 11. The van der Waals surface area contributed by atoms with Crippen LogP contribution in [0.5, 0.6) is 5.75 Å². The van der Waals surface area contributed by atoms with E-state index >= 15 is 0 Å². The predicted octanol–water partition coefficient (Wildman–Crippen LogP) is 3.16. The highest BCUT2D eigenvalue weighted by Gasteiger charge is 2.09. The maximum atomic E-state index is 12.4. The summed E-state index contributed by atoms with van der Waals surface area (Å²) in [5, 5.41) is 6.24. The SMILES string of the molecule is CCCCOCCCNC(=NC)NCc1ccccc1OC(F)F. The van der Waals surface area contributed by atoms with Crippen LogP contribution in [-0.2, 0) is 11.3 Å². The van der Waals surface area contributed by atoms with Crippen molar-refractivity contribution in [3.63, 3.8) is 0 Å². The molecule has 0 unspecified atom stereocenters. The summed E-state index contributed by atoms with van der Waals surface area (Å²) in [5.74, 6) is 0.773. The second kappa shape index (κ2) is 12.5. The van der Waals surface area contributed by atoms with Crippen molar-refractivity contribution < 1.29 is 18.3 Å². The first-order valence-electron chi connectivity index (χ1n) is 8.22. The van der Waals surface area contributed by atoms with Crippen LogP contribution in [-0.4, -0.2) is 39.4 Å². The molecule has 0 aromatic heterocycles. The molecule has 2 N–H and O–H groups in total. The lowest BCUT2D eigenvalue weighted by Crippen LogP contribution is -2.37. The standard InChI is InChI=1S/C17H27F2N3O2/c1-3-4-11-23-12-7-10-21-17(20-2)22-13-14-8-5-6-9-15(14)24-16(18)19/h5-6,8-9,16H,3-4,7,10-13H2,1-2H3,(H2,20,21,22). The highest BCUT2D eigenvalue weighted by Crippen LogP contribution is 2.19. The molecule has 0 aliphatic rings. The lowest BCUT2D eigenvalue weighted by molar-refractivity contribution is -0.0504. The molecule has 0 fully saturated rings. The highest BCUT2D eigenvalue weighted by atomic mass is 19.3. The number of halogens is 2. The molecule has 1 rings (SSSR count). The van der Waals surface area contributed by atoms with Crippen molar-refractivity contribution in [2.45, 2.75) is 39.3 Å². The summed E-state index contributed by atoms with van der Waals surface area (Å²) in [6.07, 6.45) is 3.08.